The van der Waals surface area contributed by atoms with E-state index in [1.54, 1.807) is 0 Å². The summed E-state index contributed by atoms with van der Waals surface area (Å²) in [6.45, 7) is 3.92. The van der Waals surface area contributed by atoms with Crippen molar-refractivity contribution < 1.29 is 28.5 Å². The van der Waals surface area contributed by atoms with Gasteiger partial charge in [-0.2, -0.15) is 0 Å². The van der Waals surface area contributed by atoms with Crippen LogP contribution in [0.1, 0.15) is 36.2 Å². The number of aryl methyl sites for hydroxylation is 1. The molecule has 7 heteroatoms. The van der Waals surface area contributed by atoms with Crippen molar-refractivity contribution in [1.29, 1.82) is 0 Å². The van der Waals surface area contributed by atoms with Crippen LogP contribution >= 0.6 is 0 Å². The SMILES string of the molecule is CCc1ccc(O[C@@H](CC)C(=O)Nc2cc(OC)c(OC)cc2C(=O)OC)cc1. The van der Waals surface area contributed by atoms with Crippen LogP contribution in [0.2, 0.25) is 0 Å². The molecule has 156 valence electrons. The molecule has 2 aromatic rings. The predicted molar refractivity (Wildman–Crippen MR) is 110 cm³/mol. The van der Waals surface area contributed by atoms with Gasteiger partial charge in [0.15, 0.2) is 17.6 Å². The predicted octanol–water partition coefficient (Wildman–Crippen LogP) is 3.85. The molecule has 0 aromatic heterocycles. The number of carbonyl (C=O) groups excluding carboxylic acids is 2. The number of anilines is 1. The quantitative estimate of drug-likeness (QED) is 0.643. The van der Waals surface area contributed by atoms with Crippen molar-refractivity contribution in [3.05, 3.63) is 47.5 Å². The average Bonchev–Trinajstić information content (AvgIpc) is 2.76. The standard InChI is InChI=1S/C22H27NO6/c1-6-14-8-10-15(11-9-14)29-18(7-2)21(24)23-17-13-20(27-4)19(26-3)12-16(17)22(25)28-5/h8-13,18H,6-7H2,1-5H3,(H,23,24)/t18-/m0/s1. The van der Waals surface area contributed by atoms with E-state index in [4.69, 9.17) is 18.9 Å². The van der Waals surface area contributed by atoms with Crippen molar-refractivity contribution in [3.63, 3.8) is 0 Å². The Morgan fingerprint density at radius 3 is 2.10 bits per heavy atom. The summed E-state index contributed by atoms with van der Waals surface area (Å²) in [7, 11) is 4.20. The summed E-state index contributed by atoms with van der Waals surface area (Å²) in [5, 5.41) is 2.75. The fourth-order valence-electron chi connectivity index (χ4n) is 2.76. The third kappa shape index (κ3) is 5.40. The number of esters is 1. The highest BCUT2D eigenvalue weighted by Gasteiger charge is 2.23. The Labute approximate surface area is 170 Å². The molecule has 0 radical (unpaired) electrons. The van der Waals surface area contributed by atoms with Crippen molar-refractivity contribution in [2.24, 2.45) is 0 Å². The number of carbonyl (C=O) groups is 2. The van der Waals surface area contributed by atoms with E-state index in [0.29, 0.717) is 23.7 Å². The number of hydrogen-bond donors (Lipinski definition) is 1. The molecule has 2 rings (SSSR count). The normalized spacial score (nSPS) is 11.3. The van der Waals surface area contributed by atoms with E-state index in [1.165, 1.54) is 39.0 Å². The zero-order chi connectivity index (χ0) is 21.4. The molecule has 1 N–H and O–H groups in total. The first-order valence-corrected chi connectivity index (χ1v) is 9.38. The maximum Gasteiger partial charge on any atom is 0.340 e. The van der Waals surface area contributed by atoms with Crippen molar-refractivity contribution in [2.75, 3.05) is 26.6 Å². The largest absolute Gasteiger partial charge is 0.493 e. The second-order valence-electron chi connectivity index (χ2n) is 6.25. The zero-order valence-electron chi connectivity index (χ0n) is 17.4. The number of ether oxygens (including phenoxy) is 4. The smallest absolute Gasteiger partial charge is 0.340 e. The summed E-state index contributed by atoms with van der Waals surface area (Å²) >= 11 is 0. The lowest BCUT2D eigenvalue weighted by Crippen LogP contribution is -2.33. The van der Waals surface area contributed by atoms with Gasteiger partial charge in [0.05, 0.1) is 32.6 Å². The Bertz CT molecular complexity index is 847. The van der Waals surface area contributed by atoms with Crippen molar-refractivity contribution in [2.45, 2.75) is 32.8 Å². The van der Waals surface area contributed by atoms with Gasteiger partial charge < -0.3 is 24.3 Å². The number of rotatable bonds is 9. The summed E-state index contributed by atoms with van der Waals surface area (Å²) in [6, 6.07) is 10.6. The number of methoxy groups -OCH3 is 3. The second kappa shape index (κ2) is 10.4. The molecular formula is C22H27NO6. The van der Waals surface area contributed by atoms with Gasteiger partial charge in [-0.25, -0.2) is 4.79 Å². The van der Waals surface area contributed by atoms with Crippen molar-refractivity contribution >= 4 is 17.6 Å². The molecule has 0 unspecified atom stereocenters. The number of amides is 1. The van der Waals surface area contributed by atoms with Crippen LogP contribution in [0.5, 0.6) is 17.2 Å². The van der Waals surface area contributed by atoms with Gasteiger partial charge in [-0.05, 0) is 30.5 Å². The molecule has 0 aliphatic heterocycles. The number of nitrogens with one attached hydrogen (secondary N) is 1. The summed E-state index contributed by atoms with van der Waals surface area (Å²) < 4.78 is 21.2. The monoisotopic (exact) mass is 401 g/mol. The second-order valence-corrected chi connectivity index (χ2v) is 6.25. The lowest BCUT2D eigenvalue weighted by molar-refractivity contribution is -0.122. The van der Waals surface area contributed by atoms with Gasteiger partial charge in [0, 0.05) is 12.1 Å². The fourth-order valence-corrected chi connectivity index (χ4v) is 2.76. The topological polar surface area (TPSA) is 83.1 Å². The van der Waals surface area contributed by atoms with Crippen LogP contribution in [0.15, 0.2) is 36.4 Å². The third-order valence-electron chi connectivity index (χ3n) is 4.46. The Morgan fingerprint density at radius 1 is 0.966 bits per heavy atom. The molecule has 0 heterocycles. The Morgan fingerprint density at radius 2 is 1.59 bits per heavy atom. The summed E-state index contributed by atoms with van der Waals surface area (Å²) in [6.07, 6.45) is 0.636. The first kappa shape index (κ1) is 22.1. The van der Waals surface area contributed by atoms with Crippen LogP contribution in [0.25, 0.3) is 0 Å². The molecule has 7 nitrogen and oxygen atoms in total. The van der Waals surface area contributed by atoms with Crippen LogP contribution in [0.4, 0.5) is 5.69 Å². The molecule has 0 aliphatic carbocycles. The molecule has 1 atom stereocenters. The van der Waals surface area contributed by atoms with Crippen LogP contribution in [-0.4, -0.2) is 39.3 Å². The van der Waals surface area contributed by atoms with Crippen molar-refractivity contribution in [3.8, 4) is 17.2 Å². The van der Waals surface area contributed by atoms with Crippen LogP contribution < -0.4 is 19.5 Å². The first-order chi connectivity index (χ1) is 14.0. The van der Waals surface area contributed by atoms with Gasteiger partial charge in [-0.1, -0.05) is 26.0 Å². The average molecular weight is 401 g/mol. The Hall–Kier alpha value is -3.22. The molecule has 1 amide bonds. The molecule has 0 aliphatic rings. The molecular weight excluding hydrogens is 374 g/mol. The van der Waals surface area contributed by atoms with E-state index >= 15 is 0 Å². The molecule has 2 aromatic carbocycles. The minimum absolute atomic E-state index is 0.153. The maximum atomic E-state index is 12.8. The lowest BCUT2D eigenvalue weighted by Gasteiger charge is -2.19. The number of hydrogen-bond acceptors (Lipinski definition) is 6. The number of benzene rings is 2. The molecule has 0 fully saturated rings. The van der Waals surface area contributed by atoms with Gasteiger partial charge in [0.25, 0.3) is 5.91 Å². The van der Waals surface area contributed by atoms with Gasteiger partial charge in [-0.3, -0.25) is 4.79 Å². The summed E-state index contributed by atoms with van der Waals surface area (Å²) in [5.74, 6) is 0.337. The van der Waals surface area contributed by atoms with E-state index < -0.39 is 12.1 Å². The van der Waals surface area contributed by atoms with E-state index in [2.05, 4.69) is 12.2 Å². The minimum Gasteiger partial charge on any atom is -0.493 e. The molecule has 0 bridgehead atoms. The summed E-state index contributed by atoms with van der Waals surface area (Å²) in [4.78, 5) is 25.0. The Balaban J connectivity index is 2.27. The van der Waals surface area contributed by atoms with E-state index in [9.17, 15) is 9.59 Å². The molecule has 0 saturated heterocycles. The van der Waals surface area contributed by atoms with E-state index in [-0.39, 0.29) is 17.2 Å². The lowest BCUT2D eigenvalue weighted by atomic mass is 10.1. The van der Waals surface area contributed by atoms with Crippen LogP contribution in [-0.2, 0) is 16.0 Å². The van der Waals surface area contributed by atoms with Crippen LogP contribution in [0, 0.1) is 0 Å². The Kier molecular flexibility index (Phi) is 7.88. The fraction of sp³-hybridized carbons (Fsp3) is 0.364. The molecule has 0 saturated carbocycles. The van der Waals surface area contributed by atoms with Crippen molar-refractivity contribution in [1.82, 2.24) is 0 Å². The van der Waals surface area contributed by atoms with Gasteiger partial charge in [0.2, 0.25) is 0 Å². The zero-order valence-corrected chi connectivity index (χ0v) is 17.4. The van der Waals surface area contributed by atoms with Gasteiger partial charge in [0.1, 0.15) is 5.75 Å². The van der Waals surface area contributed by atoms with Gasteiger partial charge in [-0.15, -0.1) is 0 Å². The summed E-state index contributed by atoms with van der Waals surface area (Å²) in [5.41, 5.74) is 1.59. The highest BCUT2D eigenvalue weighted by molar-refractivity contribution is 6.03. The first-order valence-electron chi connectivity index (χ1n) is 9.38. The highest BCUT2D eigenvalue weighted by Crippen LogP contribution is 2.34. The highest BCUT2D eigenvalue weighted by atomic mass is 16.5. The third-order valence-corrected chi connectivity index (χ3v) is 4.46. The van der Waals surface area contributed by atoms with Gasteiger partial charge >= 0.3 is 5.97 Å². The molecule has 0 spiro atoms. The van der Waals surface area contributed by atoms with Crippen LogP contribution in [0.3, 0.4) is 0 Å². The molecule has 29 heavy (non-hydrogen) atoms. The maximum absolute atomic E-state index is 12.8. The minimum atomic E-state index is -0.735. The van der Waals surface area contributed by atoms with E-state index in [0.717, 1.165) is 6.42 Å². The van der Waals surface area contributed by atoms with E-state index in [1.807, 2.05) is 31.2 Å².